The summed E-state index contributed by atoms with van der Waals surface area (Å²) in [4.78, 5) is 17.8. The Hall–Kier alpha value is -3.70. The molecule has 8 N–H and O–H groups in total. The molecule has 0 aliphatic carbocycles. The quantitative estimate of drug-likeness (QED) is 0.250. The number of benzene rings is 3. The molecule has 0 bridgehead atoms. The molecular weight excluding hydrogens is 570 g/mol. The van der Waals surface area contributed by atoms with Crippen LogP contribution in [0, 0.1) is 0 Å². The van der Waals surface area contributed by atoms with E-state index in [0.717, 1.165) is 11.4 Å². The van der Waals surface area contributed by atoms with Crippen molar-refractivity contribution >= 4 is 81.6 Å². The maximum Gasteiger partial charge on any atom is 0.205 e. The van der Waals surface area contributed by atoms with E-state index in [4.69, 9.17) is 57.9 Å². The summed E-state index contributed by atoms with van der Waals surface area (Å²) in [5.74, 6) is 1.24. The Balaban J connectivity index is 1.28. The lowest BCUT2D eigenvalue weighted by Gasteiger charge is -2.22. The van der Waals surface area contributed by atoms with Crippen molar-refractivity contribution in [2.24, 2.45) is 31.4 Å². The lowest BCUT2D eigenvalue weighted by molar-refractivity contribution is 0.751. The first-order chi connectivity index (χ1) is 18.2. The SMILES string of the molecule is NC1=NC(c2ccc(Cl)cc2Cl)N=C(Nc2ccc(NC3=NC(c4ccc(Cl)cc4Cl)N=C(N)N3)cc2)N1. The molecule has 0 radical (unpaired) electrons. The number of halogens is 4. The molecule has 38 heavy (non-hydrogen) atoms. The fraction of sp³-hybridized carbons (Fsp3) is 0.0833. The van der Waals surface area contributed by atoms with Gasteiger partial charge in [-0.1, -0.05) is 58.5 Å². The van der Waals surface area contributed by atoms with Gasteiger partial charge in [-0.3, -0.25) is 10.6 Å². The van der Waals surface area contributed by atoms with Crippen molar-refractivity contribution in [1.82, 2.24) is 10.6 Å². The van der Waals surface area contributed by atoms with Crippen LogP contribution in [0.1, 0.15) is 23.5 Å². The van der Waals surface area contributed by atoms with E-state index in [1.807, 2.05) is 24.3 Å². The van der Waals surface area contributed by atoms with E-state index in [0.29, 0.717) is 43.1 Å². The summed E-state index contributed by atoms with van der Waals surface area (Å²) in [7, 11) is 0. The molecule has 2 unspecified atom stereocenters. The predicted octanol–water partition coefficient (Wildman–Crippen LogP) is 5.07. The van der Waals surface area contributed by atoms with Gasteiger partial charge in [0.2, 0.25) is 11.9 Å². The van der Waals surface area contributed by atoms with Crippen molar-refractivity contribution in [3.63, 3.8) is 0 Å². The van der Waals surface area contributed by atoms with Crippen LogP contribution in [0.15, 0.2) is 80.6 Å². The number of nitrogens with zero attached hydrogens (tertiary/aromatic N) is 4. The van der Waals surface area contributed by atoms with E-state index in [2.05, 4.69) is 41.2 Å². The molecular formula is C24H20Cl4N10. The molecule has 2 aliphatic rings. The van der Waals surface area contributed by atoms with Crippen molar-refractivity contribution in [1.29, 1.82) is 0 Å². The molecule has 0 spiro atoms. The minimum atomic E-state index is -0.617. The first-order valence-corrected chi connectivity index (χ1v) is 12.6. The Labute approximate surface area is 237 Å². The summed E-state index contributed by atoms with van der Waals surface area (Å²) in [6.45, 7) is 0. The number of aliphatic imine (C=N–C) groups is 4. The number of hydrogen-bond donors (Lipinski definition) is 6. The van der Waals surface area contributed by atoms with Gasteiger partial charge in [0.1, 0.15) is 0 Å². The van der Waals surface area contributed by atoms with Crippen molar-refractivity contribution < 1.29 is 0 Å². The van der Waals surface area contributed by atoms with Crippen molar-refractivity contribution in [2.45, 2.75) is 12.3 Å². The van der Waals surface area contributed by atoms with Crippen LogP contribution < -0.4 is 32.7 Å². The summed E-state index contributed by atoms with van der Waals surface area (Å²) >= 11 is 24.7. The molecule has 3 aromatic rings. The summed E-state index contributed by atoms with van der Waals surface area (Å²) in [6.07, 6.45) is -1.23. The Morgan fingerprint density at radius 1 is 0.579 bits per heavy atom. The molecule has 0 amide bonds. The van der Waals surface area contributed by atoms with E-state index in [1.54, 1.807) is 36.4 Å². The largest absolute Gasteiger partial charge is 0.370 e. The normalized spacial score (nSPS) is 18.7. The standard InChI is InChI=1S/C24H20Cl4N10/c25-11-1-7-15(17(27)9-11)19-33-21(29)37-23(35-19)31-13-3-5-14(6-4-13)32-24-36-20(34-22(30)38-24)16-8-2-12(26)10-18(16)28/h1-10,19-20H,(H4,29,31,33,35,37)(H4,30,32,34,36,38). The second-order valence-electron chi connectivity index (χ2n) is 8.14. The van der Waals surface area contributed by atoms with Gasteiger partial charge in [0, 0.05) is 42.6 Å². The summed E-state index contributed by atoms with van der Waals surface area (Å²) < 4.78 is 0. The Morgan fingerprint density at radius 3 is 1.34 bits per heavy atom. The highest BCUT2D eigenvalue weighted by molar-refractivity contribution is 6.35. The fourth-order valence-corrected chi connectivity index (χ4v) is 4.69. The molecule has 0 aromatic heterocycles. The second kappa shape index (κ2) is 11.0. The molecule has 0 saturated carbocycles. The Morgan fingerprint density at radius 2 is 0.974 bits per heavy atom. The van der Waals surface area contributed by atoms with Gasteiger partial charge >= 0.3 is 0 Å². The van der Waals surface area contributed by atoms with Crippen LogP contribution in [0.4, 0.5) is 11.4 Å². The first-order valence-electron chi connectivity index (χ1n) is 11.1. The molecule has 3 aromatic carbocycles. The molecule has 10 nitrogen and oxygen atoms in total. The zero-order chi connectivity index (χ0) is 26.8. The van der Waals surface area contributed by atoms with E-state index in [9.17, 15) is 0 Å². The lowest BCUT2D eigenvalue weighted by Crippen LogP contribution is -2.44. The molecule has 194 valence electrons. The summed E-state index contributed by atoms with van der Waals surface area (Å²) in [6, 6.07) is 17.7. The van der Waals surface area contributed by atoms with Crippen molar-refractivity contribution in [2.75, 3.05) is 10.6 Å². The average Bonchev–Trinajstić information content (AvgIpc) is 2.84. The fourth-order valence-electron chi connectivity index (χ4n) is 3.67. The van der Waals surface area contributed by atoms with Crippen molar-refractivity contribution in [3.05, 3.63) is 91.9 Å². The Kier molecular flexibility index (Phi) is 7.48. The second-order valence-corrected chi connectivity index (χ2v) is 9.83. The van der Waals surface area contributed by atoms with Crippen LogP contribution in [0.2, 0.25) is 20.1 Å². The van der Waals surface area contributed by atoms with Crippen LogP contribution in [-0.2, 0) is 0 Å². The van der Waals surface area contributed by atoms with Crippen LogP contribution in [0.25, 0.3) is 0 Å². The van der Waals surface area contributed by atoms with E-state index < -0.39 is 12.3 Å². The van der Waals surface area contributed by atoms with Gasteiger partial charge in [0.15, 0.2) is 24.3 Å². The molecule has 2 atom stereocenters. The smallest absolute Gasteiger partial charge is 0.205 e. The topological polar surface area (TPSA) is 150 Å². The zero-order valence-corrected chi connectivity index (χ0v) is 22.4. The Bertz CT molecular complexity index is 1390. The van der Waals surface area contributed by atoms with Gasteiger partial charge in [0.25, 0.3) is 0 Å². The zero-order valence-electron chi connectivity index (χ0n) is 19.4. The van der Waals surface area contributed by atoms with Gasteiger partial charge in [-0.05, 0) is 48.5 Å². The highest BCUT2D eigenvalue weighted by atomic mass is 35.5. The van der Waals surface area contributed by atoms with Crippen LogP contribution in [0.3, 0.4) is 0 Å². The van der Waals surface area contributed by atoms with Crippen LogP contribution in [-0.4, -0.2) is 23.8 Å². The molecule has 5 rings (SSSR count). The first kappa shape index (κ1) is 25.9. The number of hydrogen-bond acceptors (Lipinski definition) is 10. The van der Waals surface area contributed by atoms with Gasteiger partial charge in [0.05, 0.1) is 0 Å². The van der Waals surface area contributed by atoms with E-state index in [-0.39, 0.29) is 11.9 Å². The molecule has 2 aliphatic heterocycles. The van der Waals surface area contributed by atoms with Crippen LogP contribution in [0.5, 0.6) is 0 Å². The third kappa shape index (κ3) is 6.05. The monoisotopic (exact) mass is 588 g/mol. The molecule has 14 heteroatoms. The number of nitrogens with two attached hydrogens (primary N) is 2. The van der Waals surface area contributed by atoms with E-state index in [1.165, 1.54) is 0 Å². The van der Waals surface area contributed by atoms with Gasteiger partial charge in [-0.2, -0.15) is 0 Å². The number of anilines is 2. The van der Waals surface area contributed by atoms with E-state index >= 15 is 0 Å². The third-order valence-corrected chi connectivity index (χ3v) is 6.54. The number of guanidine groups is 4. The molecule has 0 fully saturated rings. The average molecular weight is 590 g/mol. The number of rotatable bonds is 4. The van der Waals surface area contributed by atoms with Crippen LogP contribution >= 0.6 is 46.4 Å². The molecule has 0 saturated heterocycles. The van der Waals surface area contributed by atoms with Gasteiger partial charge < -0.3 is 22.1 Å². The highest BCUT2D eigenvalue weighted by Gasteiger charge is 2.21. The molecule has 2 heterocycles. The summed E-state index contributed by atoms with van der Waals surface area (Å²) in [5.41, 5.74) is 14.8. The highest BCUT2D eigenvalue weighted by Crippen LogP contribution is 2.31. The summed E-state index contributed by atoms with van der Waals surface area (Å²) in [5, 5.41) is 14.2. The van der Waals surface area contributed by atoms with Crippen molar-refractivity contribution in [3.8, 4) is 0 Å². The maximum atomic E-state index is 6.33. The van der Waals surface area contributed by atoms with Gasteiger partial charge in [-0.25, -0.2) is 20.0 Å². The maximum absolute atomic E-state index is 6.33. The minimum absolute atomic E-state index is 0.202. The lowest BCUT2D eigenvalue weighted by atomic mass is 10.2. The van der Waals surface area contributed by atoms with Gasteiger partial charge in [-0.15, -0.1) is 0 Å². The predicted molar refractivity (Wildman–Crippen MR) is 156 cm³/mol. The minimum Gasteiger partial charge on any atom is -0.370 e. The number of nitrogens with one attached hydrogen (secondary N) is 4. The third-order valence-electron chi connectivity index (χ3n) is 5.41.